The Morgan fingerprint density at radius 3 is 2.32 bits per heavy atom. The van der Waals surface area contributed by atoms with Crippen LogP contribution in [0.25, 0.3) is 0 Å². The van der Waals surface area contributed by atoms with Crippen LogP contribution in [0.2, 0.25) is 0 Å². The molecule has 0 spiro atoms. The number of hydrogen-bond acceptors (Lipinski definition) is 5. The van der Waals surface area contributed by atoms with Crippen LogP contribution in [0.3, 0.4) is 0 Å². The minimum absolute atomic E-state index is 0.0108. The quantitative estimate of drug-likeness (QED) is 0.629. The van der Waals surface area contributed by atoms with Gasteiger partial charge in [-0.15, -0.1) is 0 Å². The summed E-state index contributed by atoms with van der Waals surface area (Å²) in [5.41, 5.74) is -0.337. The van der Waals surface area contributed by atoms with Crippen LogP contribution in [0.5, 0.6) is 0 Å². The Hall–Kier alpha value is -1.14. The van der Waals surface area contributed by atoms with E-state index in [-0.39, 0.29) is 30.6 Å². The number of amides is 1. The molecule has 1 amide bonds. The van der Waals surface area contributed by atoms with Crippen molar-refractivity contribution < 1.29 is 19.1 Å². The summed E-state index contributed by atoms with van der Waals surface area (Å²) in [5.74, 6) is -0.566. The van der Waals surface area contributed by atoms with Crippen molar-refractivity contribution in [2.24, 2.45) is 0 Å². The molecule has 6 heteroatoms. The third-order valence-electron chi connectivity index (χ3n) is 2.15. The maximum absolute atomic E-state index is 11.8. The summed E-state index contributed by atoms with van der Waals surface area (Å²) in [4.78, 5) is 23.1. The molecule has 19 heavy (non-hydrogen) atoms. The van der Waals surface area contributed by atoms with E-state index in [1.807, 2.05) is 27.7 Å². The van der Waals surface area contributed by atoms with Gasteiger partial charge in [-0.1, -0.05) is 0 Å². The van der Waals surface area contributed by atoms with E-state index in [0.717, 1.165) is 0 Å². The number of hydrogen-bond donors (Lipinski definition) is 2. The van der Waals surface area contributed by atoms with Crippen molar-refractivity contribution >= 4 is 11.9 Å². The van der Waals surface area contributed by atoms with Gasteiger partial charge < -0.3 is 14.8 Å². The van der Waals surface area contributed by atoms with Gasteiger partial charge in [0.1, 0.15) is 6.04 Å². The summed E-state index contributed by atoms with van der Waals surface area (Å²) in [6, 6.07) is -0.566. The van der Waals surface area contributed by atoms with E-state index < -0.39 is 6.04 Å². The van der Waals surface area contributed by atoms with Gasteiger partial charge in [0, 0.05) is 6.54 Å². The van der Waals surface area contributed by atoms with Crippen LogP contribution in [0, 0.1) is 0 Å². The van der Waals surface area contributed by atoms with E-state index in [0.29, 0.717) is 13.2 Å². The second-order valence-electron chi connectivity index (χ2n) is 5.06. The van der Waals surface area contributed by atoms with E-state index >= 15 is 0 Å². The van der Waals surface area contributed by atoms with Gasteiger partial charge in [0.25, 0.3) is 0 Å². The minimum atomic E-state index is -0.566. The first kappa shape index (κ1) is 17.9. The summed E-state index contributed by atoms with van der Waals surface area (Å²) >= 11 is 0. The zero-order chi connectivity index (χ0) is 14.9. The summed E-state index contributed by atoms with van der Waals surface area (Å²) in [6.07, 6.45) is 0. The predicted molar refractivity (Wildman–Crippen MR) is 72.8 cm³/mol. The lowest BCUT2D eigenvalue weighted by Gasteiger charge is -2.24. The molecule has 0 rings (SSSR count). The second-order valence-corrected chi connectivity index (χ2v) is 5.06. The van der Waals surface area contributed by atoms with Crippen LogP contribution < -0.4 is 10.6 Å². The van der Waals surface area contributed by atoms with Crippen molar-refractivity contribution in [3.05, 3.63) is 0 Å². The van der Waals surface area contributed by atoms with Crippen molar-refractivity contribution in [1.82, 2.24) is 10.6 Å². The average molecular weight is 274 g/mol. The van der Waals surface area contributed by atoms with Gasteiger partial charge in [-0.25, -0.2) is 0 Å². The Morgan fingerprint density at radius 1 is 1.21 bits per heavy atom. The lowest BCUT2D eigenvalue weighted by molar-refractivity contribution is -0.142. The molecule has 0 aliphatic rings. The fourth-order valence-corrected chi connectivity index (χ4v) is 1.28. The monoisotopic (exact) mass is 274 g/mol. The molecule has 112 valence electrons. The largest absolute Gasteiger partial charge is 0.465 e. The van der Waals surface area contributed by atoms with Crippen LogP contribution in [0.4, 0.5) is 0 Å². The van der Waals surface area contributed by atoms with E-state index in [9.17, 15) is 9.59 Å². The first-order chi connectivity index (χ1) is 8.80. The molecule has 0 fully saturated rings. The molecule has 0 aromatic heterocycles. The molecular formula is C13H26N2O4. The topological polar surface area (TPSA) is 76.7 Å². The highest BCUT2D eigenvalue weighted by Gasteiger charge is 2.22. The molecule has 0 aliphatic carbocycles. The zero-order valence-corrected chi connectivity index (χ0v) is 12.5. The van der Waals surface area contributed by atoms with Crippen LogP contribution in [0.15, 0.2) is 0 Å². The molecule has 0 radical (unpaired) electrons. The SMILES string of the molecule is CCNC(=O)C(COC(C)(C)C)NCC(=O)OCC. The number of esters is 1. The third-order valence-corrected chi connectivity index (χ3v) is 2.15. The first-order valence-corrected chi connectivity index (χ1v) is 6.60. The van der Waals surface area contributed by atoms with Crippen molar-refractivity contribution in [3.8, 4) is 0 Å². The third kappa shape index (κ3) is 9.44. The van der Waals surface area contributed by atoms with Gasteiger partial charge in [0.05, 0.1) is 25.4 Å². The Balaban J connectivity index is 4.33. The van der Waals surface area contributed by atoms with Crippen LogP contribution in [-0.2, 0) is 19.1 Å². The molecule has 0 aromatic rings. The van der Waals surface area contributed by atoms with Crippen molar-refractivity contribution in [2.45, 2.75) is 46.3 Å². The number of likely N-dealkylation sites (N-methyl/N-ethyl adjacent to an activating group) is 1. The van der Waals surface area contributed by atoms with E-state index in [1.54, 1.807) is 6.92 Å². The van der Waals surface area contributed by atoms with Gasteiger partial charge in [0.2, 0.25) is 5.91 Å². The predicted octanol–water partition coefficient (Wildman–Crippen LogP) is 0.459. The average Bonchev–Trinajstić information content (AvgIpc) is 2.28. The minimum Gasteiger partial charge on any atom is -0.465 e. The highest BCUT2D eigenvalue weighted by atomic mass is 16.5. The Bertz CT molecular complexity index is 287. The number of nitrogens with one attached hydrogen (secondary N) is 2. The highest BCUT2D eigenvalue weighted by molar-refractivity contribution is 5.82. The highest BCUT2D eigenvalue weighted by Crippen LogP contribution is 2.07. The van der Waals surface area contributed by atoms with Gasteiger partial charge in [-0.2, -0.15) is 0 Å². The molecule has 0 bridgehead atoms. The lowest BCUT2D eigenvalue weighted by atomic mass is 10.2. The van der Waals surface area contributed by atoms with Gasteiger partial charge in [-0.3, -0.25) is 14.9 Å². The molecular weight excluding hydrogens is 248 g/mol. The normalized spacial score (nSPS) is 12.9. The molecule has 0 aromatic carbocycles. The number of carbonyl (C=O) groups is 2. The first-order valence-electron chi connectivity index (χ1n) is 6.60. The molecule has 6 nitrogen and oxygen atoms in total. The molecule has 0 saturated heterocycles. The molecule has 0 aliphatic heterocycles. The van der Waals surface area contributed by atoms with Crippen molar-refractivity contribution in [3.63, 3.8) is 0 Å². The van der Waals surface area contributed by atoms with E-state index in [1.165, 1.54) is 0 Å². The molecule has 1 unspecified atom stereocenters. The maximum Gasteiger partial charge on any atom is 0.319 e. The number of rotatable bonds is 8. The summed E-state index contributed by atoms with van der Waals surface area (Å²) < 4.78 is 10.4. The molecule has 0 heterocycles. The Morgan fingerprint density at radius 2 is 1.84 bits per heavy atom. The van der Waals surface area contributed by atoms with E-state index in [2.05, 4.69) is 10.6 Å². The smallest absolute Gasteiger partial charge is 0.319 e. The summed E-state index contributed by atoms with van der Waals surface area (Å²) in [6.45, 7) is 10.4. The van der Waals surface area contributed by atoms with Gasteiger partial charge >= 0.3 is 5.97 Å². The zero-order valence-electron chi connectivity index (χ0n) is 12.5. The fourth-order valence-electron chi connectivity index (χ4n) is 1.28. The molecule has 2 N–H and O–H groups in total. The summed E-state index contributed by atoms with van der Waals surface area (Å²) in [7, 11) is 0. The molecule has 1 atom stereocenters. The van der Waals surface area contributed by atoms with Gasteiger partial charge in [0.15, 0.2) is 0 Å². The van der Waals surface area contributed by atoms with E-state index in [4.69, 9.17) is 9.47 Å². The maximum atomic E-state index is 11.8. The lowest BCUT2D eigenvalue weighted by Crippen LogP contribution is -2.49. The standard InChI is InChI=1S/C13H26N2O4/c1-6-14-12(17)10(9-19-13(3,4)5)15-8-11(16)18-7-2/h10,15H,6-9H2,1-5H3,(H,14,17). The van der Waals surface area contributed by atoms with Crippen molar-refractivity contribution in [2.75, 3.05) is 26.3 Å². The van der Waals surface area contributed by atoms with Crippen LogP contribution in [0.1, 0.15) is 34.6 Å². The number of carbonyl (C=O) groups excluding carboxylic acids is 2. The van der Waals surface area contributed by atoms with Crippen molar-refractivity contribution in [1.29, 1.82) is 0 Å². The van der Waals surface area contributed by atoms with Gasteiger partial charge in [-0.05, 0) is 34.6 Å². The summed E-state index contributed by atoms with van der Waals surface area (Å²) in [5, 5.41) is 5.55. The number of ether oxygens (including phenoxy) is 2. The Kier molecular flexibility index (Phi) is 8.34. The second kappa shape index (κ2) is 8.87. The molecule has 0 saturated carbocycles. The Labute approximate surface area is 115 Å². The van der Waals surface area contributed by atoms with Crippen LogP contribution in [-0.4, -0.2) is 49.8 Å². The van der Waals surface area contributed by atoms with Crippen LogP contribution >= 0.6 is 0 Å². The fraction of sp³-hybridized carbons (Fsp3) is 0.846.